The van der Waals surface area contributed by atoms with Crippen molar-refractivity contribution < 1.29 is 9.53 Å². The molecule has 0 bridgehead atoms. The molecule has 0 aliphatic heterocycles. The van der Waals surface area contributed by atoms with Crippen LogP contribution in [0.15, 0.2) is 54.6 Å². The van der Waals surface area contributed by atoms with E-state index in [0.717, 1.165) is 46.4 Å². The summed E-state index contributed by atoms with van der Waals surface area (Å²) in [4.78, 5) is 17.1. The molecule has 0 radical (unpaired) electrons. The monoisotopic (exact) mass is 375 g/mol. The van der Waals surface area contributed by atoms with Gasteiger partial charge in [-0.1, -0.05) is 49.6 Å². The number of aromatic nitrogens is 1. The second-order valence-corrected chi connectivity index (χ2v) is 7.24. The average molecular weight is 375 g/mol. The molecule has 1 heterocycles. The molecule has 0 saturated heterocycles. The Morgan fingerprint density at radius 3 is 2.57 bits per heavy atom. The quantitative estimate of drug-likeness (QED) is 0.645. The Morgan fingerprint density at radius 2 is 1.82 bits per heavy atom. The number of anilines is 1. The molecule has 2 N–H and O–H groups in total. The minimum atomic E-state index is -0.154. The molecule has 144 valence electrons. The van der Waals surface area contributed by atoms with E-state index in [9.17, 15) is 4.79 Å². The van der Waals surface area contributed by atoms with E-state index < -0.39 is 0 Å². The van der Waals surface area contributed by atoms with E-state index in [1.54, 1.807) is 7.11 Å². The highest BCUT2D eigenvalue weighted by molar-refractivity contribution is 5.95. The molecule has 2 amide bonds. The van der Waals surface area contributed by atoms with Crippen LogP contribution < -0.4 is 15.4 Å². The van der Waals surface area contributed by atoms with Crippen LogP contribution in [-0.4, -0.2) is 24.2 Å². The predicted molar refractivity (Wildman–Crippen MR) is 113 cm³/mol. The van der Waals surface area contributed by atoms with Crippen LogP contribution in [-0.2, 0) is 0 Å². The van der Waals surface area contributed by atoms with E-state index in [2.05, 4.69) is 10.6 Å². The van der Waals surface area contributed by atoms with Crippen LogP contribution in [0.25, 0.3) is 22.2 Å². The first-order valence-electron chi connectivity index (χ1n) is 9.84. The predicted octanol–water partition coefficient (Wildman–Crippen LogP) is 5.36. The second-order valence-electron chi connectivity index (χ2n) is 7.24. The highest BCUT2D eigenvalue weighted by Gasteiger charge is 2.16. The molecule has 1 aliphatic rings. The van der Waals surface area contributed by atoms with Crippen molar-refractivity contribution in [2.75, 3.05) is 12.4 Å². The molecule has 4 rings (SSSR count). The molecule has 5 nitrogen and oxygen atoms in total. The molecule has 2 aromatic carbocycles. The van der Waals surface area contributed by atoms with Gasteiger partial charge in [-0.3, -0.25) is 0 Å². The van der Waals surface area contributed by atoms with Gasteiger partial charge in [0.25, 0.3) is 0 Å². The summed E-state index contributed by atoms with van der Waals surface area (Å²) >= 11 is 0. The van der Waals surface area contributed by atoms with Crippen LogP contribution in [0.2, 0.25) is 0 Å². The van der Waals surface area contributed by atoms with Crippen LogP contribution in [0, 0.1) is 0 Å². The number of hydrogen-bond acceptors (Lipinski definition) is 3. The first-order chi connectivity index (χ1) is 13.7. The van der Waals surface area contributed by atoms with Gasteiger partial charge in [-0.2, -0.15) is 0 Å². The zero-order chi connectivity index (χ0) is 19.3. The lowest BCUT2D eigenvalue weighted by Crippen LogP contribution is -2.38. The number of amides is 2. The van der Waals surface area contributed by atoms with E-state index in [-0.39, 0.29) is 12.1 Å². The van der Waals surface area contributed by atoms with Gasteiger partial charge in [0.05, 0.1) is 18.3 Å². The van der Waals surface area contributed by atoms with Crippen molar-refractivity contribution in [3.05, 3.63) is 54.6 Å². The number of urea groups is 1. The molecular weight excluding hydrogens is 350 g/mol. The third kappa shape index (κ3) is 4.09. The minimum absolute atomic E-state index is 0.154. The van der Waals surface area contributed by atoms with Crippen molar-refractivity contribution in [2.45, 2.75) is 38.1 Å². The maximum atomic E-state index is 12.3. The molecule has 28 heavy (non-hydrogen) atoms. The summed E-state index contributed by atoms with van der Waals surface area (Å²) in [6, 6.07) is 17.8. The first-order valence-corrected chi connectivity index (χ1v) is 9.84. The highest BCUT2D eigenvalue weighted by atomic mass is 16.5. The Hall–Kier alpha value is -3.08. The summed E-state index contributed by atoms with van der Waals surface area (Å²) in [7, 11) is 1.65. The van der Waals surface area contributed by atoms with E-state index in [4.69, 9.17) is 9.72 Å². The van der Waals surface area contributed by atoms with Crippen molar-refractivity contribution in [1.29, 1.82) is 0 Å². The van der Waals surface area contributed by atoms with E-state index in [0.29, 0.717) is 0 Å². The van der Waals surface area contributed by atoms with Crippen molar-refractivity contribution in [3.8, 4) is 17.0 Å². The molecule has 1 aromatic heterocycles. The SMILES string of the molecule is COc1cc(-c2ccccc2)nc2ccc(NC(=O)NC3CCCCC3)cc12. The third-order valence-electron chi connectivity index (χ3n) is 5.26. The number of nitrogens with one attached hydrogen (secondary N) is 2. The molecule has 0 atom stereocenters. The Balaban J connectivity index is 1.57. The molecule has 1 aliphatic carbocycles. The summed E-state index contributed by atoms with van der Waals surface area (Å²) in [6.45, 7) is 0. The molecule has 1 saturated carbocycles. The summed E-state index contributed by atoms with van der Waals surface area (Å²) in [5.74, 6) is 0.736. The summed E-state index contributed by atoms with van der Waals surface area (Å²) < 4.78 is 5.60. The fraction of sp³-hybridized carbons (Fsp3) is 0.304. The number of ether oxygens (including phenoxy) is 1. The average Bonchev–Trinajstić information content (AvgIpc) is 2.74. The normalized spacial score (nSPS) is 14.6. The Labute approximate surface area is 165 Å². The van der Waals surface area contributed by atoms with Crippen molar-refractivity contribution in [3.63, 3.8) is 0 Å². The highest BCUT2D eigenvalue weighted by Crippen LogP contribution is 2.31. The van der Waals surface area contributed by atoms with Crippen LogP contribution >= 0.6 is 0 Å². The van der Waals surface area contributed by atoms with E-state index in [1.165, 1.54) is 19.3 Å². The number of benzene rings is 2. The van der Waals surface area contributed by atoms with Gasteiger partial charge in [-0.15, -0.1) is 0 Å². The Kier molecular flexibility index (Phi) is 5.42. The van der Waals surface area contributed by atoms with Gasteiger partial charge in [0, 0.05) is 28.7 Å². The van der Waals surface area contributed by atoms with Gasteiger partial charge in [0.15, 0.2) is 0 Å². The standard InChI is InChI=1S/C23H25N3O2/c1-28-22-15-21(16-8-4-2-5-9-16)26-20-13-12-18(14-19(20)22)25-23(27)24-17-10-6-3-7-11-17/h2,4-5,8-9,12-15,17H,3,6-7,10-11H2,1H3,(H2,24,25,27). The van der Waals surface area contributed by atoms with Gasteiger partial charge >= 0.3 is 6.03 Å². The van der Waals surface area contributed by atoms with Crippen LogP contribution in [0.4, 0.5) is 10.5 Å². The molecule has 5 heteroatoms. The number of carbonyl (C=O) groups excluding carboxylic acids is 1. The molecule has 1 fully saturated rings. The number of nitrogens with zero attached hydrogens (tertiary/aromatic N) is 1. The van der Waals surface area contributed by atoms with Crippen molar-refractivity contribution in [2.24, 2.45) is 0 Å². The number of rotatable bonds is 4. The zero-order valence-electron chi connectivity index (χ0n) is 16.1. The maximum absolute atomic E-state index is 12.3. The van der Waals surface area contributed by atoms with Gasteiger partial charge in [0.2, 0.25) is 0 Å². The fourth-order valence-corrected chi connectivity index (χ4v) is 3.80. The summed E-state index contributed by atoms with van der Waals surface area (Å²) in [5.41, 5.74) is 3.46. The van der Waals surface area contributed by atoms with Crippen LogP contribution in [0.5, 0.6) is 5.75 Å². The van der Waals surface area contributed by atoms with Crippen LogP contribution in [0.1, 0.15) is 32.1 Å². The van der Waals surface area contributed by atoms with Crippen molar-refractivity contribution >= 4 is 22.6 Å². The fourth-order valence-electron chi connectivity index (χ4n) is 3.80. The summed E-state index contributed by atoms with van der Waals surface area (Å²) in [5, 5.41) is 6.90. The van der Waals surface area contributed by atoms with E-state index >= 15 is 0 Å². The largest absolute Gasteiger partial charge is 0.496 e. The smallest absolute Gasteiger partial charge is 0.319 e. The van der Waals surface area contributed by atoms with E-state index in [1.807, 2.05) is 54.6 Å². The molecule has 0 unspecified atom stereocenters. The lowest BCUT2D eigenvalue weighted by Gasteiger charge is -2.22. The number of hydrogen-bond donors (Lipinski definition) is 2. The van der Waals surface area contributed by atoms with Gasteiger partial charge < -0.3 is 15.4 Å². The Bertz CT molecular complexity index is 966. The van der Waals surface area contributed by atoms with Crippen molar-refractivity contribution in [1.82, 2.24) is 10.3 Å². The summed E-state index contributed by atoms with van der Waals surface area (Å²) in [6.07, 6.45) is 5.76. The second kappa shape index (κ2) is 8.30. The molecular formula is C23H25N3O2. The number of pyridine rings is 1. The topological polar surface area (TPSA) is 63.2 Å². The lowest BCUT2D eigenvalue weighted by molar-refractivity contribution is 0.244. The number of methoxy groups -OCH3 is 1. The molecule has 0 spiro atoms. The zero-order valence-corrected chi connectivity index (χ0v) is 16.1. The lowest BCUT2D eigenvalue weighted by atomic mass is 9.96. The van der Waals surface area contributed by atoms with Gasteiger partial charge in [-0.25, -0.2) is 9.78 Å². The van der Waals surface area contributed by atoms with Gasteiger partial charge in [-0.05, 0) is 31.0 Å². The number of fused-ring (bicyclic) bond motifs is 1. The Morgan fingerprint density at radius 1 is 1.04 bits per heavy atom. The molecule has 3 aromatic rings. The third-order valence-corrected chi connectivity index (χ3v) is 5.26. The maximum Gasteiger partial charge on any atom is 0.319 e. The van der Waals surface area contributed by atoms with Crippen LogP contribution in [0.3, 0.4) is 0 Å². The number of carbonyl (C=O) groups is 1. The first kappa shape index (κ1) is 18.3. The van der Waals surface area contributed by atoms with Gasteiger partial charge in [0.1, 0.15) is 5.75 Å². The minimum Gasteiger partial charge on any atom is -0.496 e.